The molecule has 0 spiro atoms. The molecule has 5 nitrogen and oxygen atoms in total. The van der Waals surface area contributed by atoms with Gasteiger partial charge in [-0.05, 0) is 31.0 Å². The lowest BCUT2D eigenvalue weighted by Crippen LogP contribution is -2.53. The number of rotatable bonds is 3. The van der Waals surface area contributed by atoms with E-state index in [1.807, 2.05) is 24.3 Å². The highest BCUT2D eigenvalue weighted by Crippen LogP contribution is 2.34. The summed E-state index contributed by atoms with van der Waals surface area (Å²) in [5.74, 6) is 0.764. The molecule has 0 bridgehead atoms. The van der Waals surface area contributed by atoms with Crippen LogP contribution < -0.4 is 15.5 Å². The van der Waals surface area contributed by atoms with Gasteiger partial charge in [-0.3, -0.25) is 9.59 Å². The maximum atomic E-state index is 12.3. The summed E-state index contributed by atoms with van der Waals surface area (Å²) >= 11 is 1.53. The van der Waals surface area contributed by atoms with Crippen LogP contribution in [0.1, 0.15) is 13.3 Å². The highest BCUT2D eigenvalue weighted by molar-refractivity contribution is 8.00. The number of hydrogen-bond donors (Lipinski definition) is 2. The zero-order valence-electron chi connectivity index (χ0n) is 12.7. The van der Waals surface area contributed by atoms with E-state index in [0.717, 1.165) is 30.1 Å². The van der Waals surface area contributed by atoms with E-state index in [1.165, 1.54) is 11.8 Å². The van der Waals surface area contributed by atoms with Crippen LogP contribution in [0.15, 0.2) is 29.2 Å². The number of nitrogens with one attached hydrogen (secondary N) is 2. The van der Waals surface area contributed by atoms with E-state index in [2.05, 4.69) is 17.6 Å². The predicted molar refractivity (Wildman–Crippen MR) is 88.1 cm³/mol. The zero-order chi connectivity index (χ0) is 15.5. The van der Waals surface area contributed by atoms with Gasteiger partial charge in [0.15, 0.2) is 0 Å². The molecule has 0 radical (unpaired) electrons. The first kappa shape index (κ1) is 15.4. The second kappa shape index (κ2) is 6.71. The number of benzene rings is 1. The minimum Gasteiger partial charge on any atom is -0.350 e. The van der Waals surface area contributed by atoms with Crippen molar-refractivity contribution < 1.29 is 9.59 Å². The number of amides is 2. The number of nitrogens with zero attached hydrogens (tertiary/aromatic N) is 1. The van der Waals surface area contributed by atoms with E-state index in [-0.39, 0.29) is 24.4 Å². The molecule has 3 rings (SSSR count). The van der Waals surface area contributed by atoms with Crippen molar-refractivity contribution in [2.45, 2.75) is 24.3 Å². The summed E-state index contributed by atoms with van der Waals surface area (Å²) in [5, 5.41) is 6.37. The number of anilines is 1. The molecule has 1 fully saturated rings. The van der Waals surface area contributed by atoms with Crippen molar-refractivity contribution in [3.05, 3.63) is 24.3 Å². The molecule has 118 valence electrons. The Balaban J connectivity index is 1.67. The van der Waals surface area contributed by atoms with Crippen molar-refractivity contribution in [1.82, 2.24) is 10.6 Å². The van der Waals surface area contributed by atoms with Crippen molar-refractivity contribution in [3.63, 3.8) is 0 Å². The topological polar surface area (TPSA) is 61.4 Å². The maximum absolute atomic E-state index is 12.3. The third kappa shape index (κ3) is 3.28. The van der Waals surface area contributed by atoms with Crippen molar-refractivity contribution in [3.8, 4) is 0 Å². The minimum absolute atomic E-state index is 0.00586. The zero-order valence-corrected chi connectivity index (χ0v) is 13.5. The van der Waals surface area contributed by atoms with Crippen LogP contribution in [0.4, 0.5) is 5.69 Å². The molecule has 2 aliphatic rings. The van der Waals surface area contributed by atoms with Crippen LogP contribution in [0.3, 0.4) is 0 Å². The van der Waals surface area contributed by atoms with Crippen LogP contribution in [0.2, 0.25) is 0 Å². The fourth-order valence-electron chi connectivity index (χ4n) is 2.91. The Kier molecular flexibility index (Phi) is 4.69. The molecule has 2 atom stereocenters. The molecule has 2 aliphatic heterocycles. The summed E-state index contributed by atoms with van der Waals surface area (Å²) in [6.07, 6.45) is 1.06. The Morgan fingerprint density at radius 2 is 2.27 bits per heavy atom. The van der Waals surface area contributed by atoms with Gasteiger partial charge in [-0.15, -0.1) is 11.8 Å². The summed E-state index contributed by atoms with van der Waals surface area (Å²) in [6, 6.07) is 7.89. The summed E-state index contributed by atoms with van der Waals surface area (Å²) in [7, 11) is 0. The predicted octanol–water partition coefficient (Wildman–Crippen LogP) is 1.24. The van der Waals surface area contributed by atoms with E-state index in [0.29, 0.717) is 11.7 Å². The van der Waals surface area contributed by atoms with Gasteiger partial charge in [-0.25, -0.2) is 0 Å². The second-order valence-electron chi connectivity index (χ2n) is 5.88. The fraction of sp³-hybridized carbons (Fsp3) is 0.500. The number of carbonyl (C=O) groups excluding carboxylic acids is 2. The number of thioether (sulfide) groups is 1. The van der Waals surface area contributed by atoms with Gasteiger partial charge in [0.25, 0.3) is 0 Å². The molecule has 2 heterocycles. The average Bonchev–Trinajstić information content (AvgIpc) is 2.52. The molecular formula is C16H21N3O2S. The number of fused-ring (bicyclic) bond motifs is 1. The van der Waals surface area contributed by atoms with Gasteiger partial charge >= 0.3 is 0 Å². The van der Waals surface area contributed by atoms with E-state index in [1.54, 1.807) is 4.90 Å². The molecule has 0 saturated carbocycles. The number of piperidine rings is 1. The smallest absolute Gasteiger partial charge is 0.240 e. The van der Waals surface area contributed by atoms with Gasteiger partial charge in [0, 0.05) is 17.5 Å². The maximum Gasteiger partial charge on any atom is 0.240 e. The summed E-state index contributed by atoms with van der Waals surface area (Å²) in [4.78, 5) is 27.2. The van der Waals surface area contributed by atoms with Crippen LogP contribution in [-0.4, -0.2) is 43.2 Å². The lowest BCUT2D eigenvalue weighted by atomic mass is 9.95. The Morgan fingerprint density at radius 3 is 3.09 bits per heavy atom. The van der Waals surface area contributed by atoms with Crippen LogP contribution in [0.25, 0.3) is 0 Å². The van der Waals surface area contributed by atoms with Gasteiger partial charge in [-0.1, -0.05) is 19.1 Å². The molecule has 6 heteroatoms. The third-order valence-corrected chi connectivity index (χ3v) is 5.33. The number of hydrogen-bond acceptors (Lipinski definition) is 4. The first-order valence-electron chi connectivity index (χ1n) is 7.67. The first-order chi connectivity index (χ1) is 10.6. The van der Waals surface area contributed by atoms with Crippen LogP contribution >= 0.6 is 11.8 Å². The van der Waals surface area contributed by atoms with Gasteiger partial charge in [-0.2, -0.15) is 0 Å². The molecule has 2 amide bonds. The molecular weight excluding hydrogens is 298 g/mol. The summed E-state index contributed by atoms with van der Waals surface area (Å²) < 4.78 is 0. The van der Waals surface area contributed by atoms with Crippen LogP contribution in [-0.2, 0) is 9.59 Å². The molecule has 1 saturated heterocycles. The SMILES string of the molecule is CC1CCNCC1NC(=O)CN1C(=O)CSc2ccccc21. The first-order valence-corrected chi connectivity index (χ1v) is 8.66. The number of carbonyl (C=O) groups is 2. The fourth-order valence-corrected chi connectivity index (χ4v) is 3.84. The standard InChI is InChI=1S/C16H21N3O2S/c1-11-6-7-17-8-12(11)18-15(20)9-19-13-4-2-3-5-14(13)22-10-16(19)21/h2-5,11-12,17H,6-10H2,1H3,(H,18,20). The van der Waals surface area contributed by atoms with Gasteiger partial charge < -0.3 is 15.5 Å². The third-order valence-electron chi connectivity index (χ3n) is 4.28. The van der Waals surface area contributed by atoms with Crippen LogP contribution in [0.5, 0.6) is 0 Å². The Morgan fingerprint density at radius 1 is 1.45 bits per heavy atom. The van der Waals surface area contributed by atoms with Gasteiger partial charge in [0.1, 0.15) is 6.54 Å². The molecule has 22 heavy (non-hydrogen) atoms. The van der Waals surface area contributed by atoms with Crippen LogP contribution in [0, 0.1) is 5.92 Å². The van der Waals surface area contributed by atoms with E-state index in [4.69, 9.17) is 0 Å². The monoisotopic (exact) mass is 319 g/mol. The Hall–Kier alpha value is -1.53. The second-order valence-corrected chi connectivity index (χ2v) is 6.90. The lowest BCUT2D eigenvalue weighted by molar-refractivity contribution is -0.123. The number of para-hydroxylation sites is 1. The Bertz CT molecular complexity index is 578. The Labute approximate surface area is 134 Å². The van der Waals surface area contributed by atoms with E-state index >= 15 is 0 Å². The summed E-state index contributed by atoms with van der Waals surface area (Å²) in [5.41, 5.74) is 0.841. The van der Waals surface area contributed by atoms with E-state index in [9.17, 15) is 9.59 Å². The normalized spacial score (nSPS) is 24.8. The van der Waals surface area contributed by atoms with Crippen molar-refractivity contribution in [2.24, 2.45) is 5.92 Å². The highest BCUT2D eigenvalue weighted by atomic mass is 32.2. The van der Waals surface area contributed by atoms with Crippen molar-refractivity contribution >= 4 is 29.3 Å². The quantitative estimate of drug-likeness (QED) is 0.880. The highest BCUT2D eigenvalue weighted by Gasteiger charge is 2.28. The molecule has 0 aromatic heterocycles. The molecule has 1 aromatic rings. The van der Waals surface area contributed by atoms with Crippen molar-refractivity contribution in [1.29, 1.82) is 0 Å². The van der Waals surface area contributed by atoms with Gasteiger partial charge in [0.2, 0.25) is 11.8 Å². The lowest BCUT2D eigenvalue weighted by Gasteiger charge is -2.32. The minimum atomic E-state index is -0.0874. The largest absolute Gasteiger partial charge is 0.350 e. The molecule has 0 aliphatic carbocycles. The molecule has 1 aromatic carbocycles. The van der Waals surface area contributed by atoms with Crippen molar-refractivity contribution in [2.75, 3.05) is 30.3 Å². The average molecular weight is 319 g/mol. The summed E-state index contributed by atoms with van der Waals surface area (Å²) in [6.45, 7) is 4.05. The van der Waals surface area contributed by atoms with Gasteiger partial charge in [0.05, 0.1) is 11.4 Å². The molecule has 2 unspecified atom stereocenters. The van der Waals surface area contributed by atoms with E-state index < -0.39 is 0 Å². The molecule has 2 N–H and O–H groups in total.